The molecular formula is C12H10ClN5. The molecule has 0 radical (unpaired) electrons. The molecule has 0 N–H and O–H groups in total. The molecule has 18 heavy (non-hydrogen) atoms. The van der Waals surface area contributed by atoms with Gasteiger partial charge in [-0.25, -0.2) is 0 Å². The maximum atomic E-state index is 8.71. The summed E-state index contributed by atoms with van der Waals surface area (Å²) in [5, 5.41) is 16.2. The Kier molecular flexibility index (Phi) is 4.05. The third-order valence-corrected chi connectivity index (χ3v) is 2.47. The summed E-state index contributed by atoms with van der Waals surface area (Å²) in [5.41, 5.74) is 0.935. The number of para-hydroxylation sites is 1. The number of hydrogen-bond donors (Lipinski definition) is 0. The molecule has 0 unspecified atom stereocenters. The molecule has 0 aliphatic heterocycles. The fourth-order valence-corrected chi connectivity index (χ4v) is 1.68. The standard InChI is InChI=1S/C12H10ClN5/c13-12-16-11(9-15-17-12)18(8-4-7-14)10-5-2-1-3-6-10/h1-3,5-6,9H,4,8H2. The van der Waals surface area contributed by atoms with E-state index < -0.39 is 0 Å². The molecule has 90 valence electrons. The van der Waals surface area contributed by atoms with E-state index in [9.17, 15) is 0 Å². The quantitative estimate of drug-likeness (QED) is 0.844. The third-order valence-electron chi connectivity index (χ3n) is 2.31. The number of hydrogen-bond acceptors (Lipinski definition) is 5. The van der Waals surface area contributed by atoms with Crippen molar-refractivity contribution in [3.05, 3.63) is 41.8 Å². The first kappa shape index (κ1) is 12.3. The third kappa shape index (κ3) is 2.93. The van der Waals surface area contributed by atoms with Crippen LogP contribution in [0.2, 0.25) is 5.28 Å². The molecule has 0 saturated carbocycles. The van der Waals surface area contributed by atoms with Gasteiger partial charge in [0.1, 0.15) is 0 Å². The van der Waals surface area contributed by atoms with Gasteiger partial charge in [-0.15, -0.1) is 5.10 Å². The predicted octanol–water partition coefficient (Wildman–Crippen LogP) is 2.58. The molecule has 1 aromatic carbocycles. The first-order valence-corrected chi connectivity index (χ1v) is 5.74. The van der Waals surface area contributed by atoms with Gasteiger partial charge in [-0.1, -0.05) is 18.2 Å². The van der Waals surface area contributed by atoms with Crippen LogP contribution in [0.25, 0.3) is 0 Å². The molecule has 0 saturated heterocycles. The van der Waals surface area contributed by atoms with Gasteiger partial charge < -0.3 is 4.90 Å². The Balaban J connectivity index is 2.34. The summed E-state index contributed by atoms with van der Waals surface area (Å²) in [5.74, 6) is 0.580. The van der Waals surface area contributed by atoms with Crippen molar-refractivity contribution in [3.8, 4) is 6.07 Å². The van der Waals surface area contributed by atoms with E-state index in [0.29, 0.717) is 18.8 Å². The molecule has 0 atom stereocenters. The fraction of sp³-hybridized carbons (Fsp3) is 0.167. The van der Waals surface area contributed by atoms with Crippen LogP contribution in [0.4, 0.5) is 11.5 Å². The zero-order valence-corrected chi connectivity index (χ0v) is 10.2. The highest BCUT2D eigenvalue weighted by atomic mass is 35.5. The molecule has 2 rings (SSSR count). The first-order valence-electron chi connectivity index (χ1n) is 5.36. The van der Waals surface area contributed by atoms with Crippen LogP contribution in [0.1, 0.15) is 6.42 Å². The van der Waals surface area contributed by atoms with Crippen LogP contribution < -0.4 is 4.90 Å². The molecule has 1 heterocycles. The van der Waals surface area contributed by atoms with E-state index in [2.05, 4.69) is 21.3 Å². The largest absolute Gasteiger partial charge is 0.324 e. The normalized spacial score (nSPS) is 9.78. The Morgan fingerprint density at radius 2 is 2.06 bits per heavy atom. The minimum Gasteiger partial charge on any atom is -0.324 e. The molecule has 0 bridgehead atoms. The fourth-order valence-electron chi connectivity index (χ4n) is 1.55. The van der Waals surface area contributed by atoms with Gasteiger partial charge in [0.15, 0.2) is 5.82 Å². The maximum absolute atomic E-state index is 8.71. The highest BCUT2D eigenvalue weighted by Gasteiger charge is 2.11. The van der Waals surface area contributed by atoms with E-state index in [1.54, 1.807) is 0 Å². The highest BCUT2D eigenvalue weighted by molar-refractivity contribution is 6.28. The Hall–Kier alpha value is -2.19. The lowest BCUT2D eigenvalue weighted by Gasteiger charge is -2.22. The van der Waals surface area contributed by atoms with Gasteiger partial charge in [0.2, 0.25) is 5.28 Å². The van der Waals surface area contributed by atoms with Crippen molar-refractivity contribution in [1.29, 1.82) is 5.26 Å². The first-order chi connectivity index (χ1) is 8.81. The zero-order chi connectivity index (χ0) is 12.8. The van der Waals surface area contributed by atoms with Crippen LogP contribution in [0.15, 0.2) is 36.5 Å². The van der Waals surface area contributed by atoms with Gasteiger partial charge in [-0.3, -0.25) is 0 Å². The summed E-state index contributed by atoms with van der Waals surface area (Å²) in [6, 6.07) is 11.8. The highest BCUT2D eigenvalue weighted by Crippen LogP contribution is 2.23. The van der Waals surface area contributed by atoms with Crippen molar-refractivity contribution in [2.75, 3.05) is 11.4 Å². The summed E-state index contributed by atoms with van der Waals surface area (Å²) in [7, 11) is 0. The van der Waals surface area contributed by atoms with Gasteiger partial charge in [-0.05, 0) is 23.7 Å². The van der Waals surface area contributed by atoms with Gasteiger partial charge in [0.25, 0.3) is 0 Å². The van der Waals surface area contributed by atoms with Crippen LogP contribution in [-0.2, 0) is 0 Å². The van der Waals surface area contributed by atoms with E-state index in [4.69, 9.17) is 16.9 Å². The van der Waals surface area contributed by atoms with Crippen LogP contribution >= 0.6 is 11.6 Å². The van der Waals surface area contributed by atoms with Crippen LogP contribution in [0.3, 0.4) is 0 Å². The molecule has 0 aliphatic rings. The SMILES string of the molecule is N#CCCN(c1ccccc1)c1cnnc(Cl)n1. The number of aromatic nitrogens is 3. The summed E-state index contributed by atoms with van der Waals surface area (Å²) in [6.07, 6.45) is 1.91. The minimum atomic E-state index is 0.0883. The summed E-state index contributed by atoms with van der Waals surface area (Å²) < 4.78 is 0. The summed E-state index contributed by atoms with van der Waals surface area (Å²) in [6.45, 7) is 0.523. The maximum Gasteiger partial charge on any atom is 0.244 e. The average molecular weight is 260 g/mol. The van der Waals surface area contributed by atoms with Crippen LogP contribution in [0.5, 0.6) is 0 Å². The van der Waals surface area contributed by atoms with E-state index in [1.807, 2.05) is 35.2 Å². The molecule has 0 amide bonds. The lowest BCUT2D eigenvalue weighted by atomic mass is 10.2. The Bertz CT molecular complexity index is 552. The van der Waals surface area contributed by atoms with Crippen molar-refractivity contribution in [2.45, 2.75) is 6.42 Å². The van der Waals surface area contributed by atoms with Crippen molar-refractivity contribution >= 4 is 23.1 Å². The van der Waals surface area contributed by atoms with E-state index in [-0.39, 0.29) is 5.28 Å². The van der Waals surface area contributed by atoms with Crippen LogP contribution in [0, 0.1) is 11.3 Å². The van der Waals surface area contributed by atoms with Crippen LogP contribution in [-0.4, -0.2) is 21.7 Å². The number of anilines is 2. The molecule has 5 nitrogen and oxygen atoms in total. The number of nitrogens with zero attached hydrogens (tertiary/aromatic N) is 5. The lowest BCUT2D eigenvalue weighted by molar-refractivity contribution is 0.887. The Labute approximate surface area is 110 Å². The van der Waals surface area contributed by atoms with Gasteiger partial charge >= 0.3 is 0 Å². The van der Waals surface area contributed by atoms with Crippen molar-refractivity contribution < 1.29 is 0 Å². The van der Waals surface area contributed by atoms with E-state index in [0.717, 1.165) is 5.69 Å². The van der Waals surface area contributed by atoms with Gasteiger partial charge in [0.05, 0.1) is 18.7 Å². The van der Waals surface area contributed by atoms with E-state index in [1.165, 1.54) is 6.20 Å². The number of nitriles is 1. The number of halogens is 1. The Morgan fingerprint density at radius 3 is 2.72 bits per heavy atom. The van der Waals surface area contributed by atoms with Crippen molar-refractivity contribution in [2.24, 2.45) is 0 Å². The van der Waals surface area contributed by atoms with Gasteiger partial charge in [-0.2, -0.15) is 15.3 Å². The summed E-state index contributed by atoms with van der Waals surface area (Å²) >= 11 is 5.73. The van der Waals surface area contributed by atoms with Gasteiger partial charge in [0, 0.05) is 12.2 Å². The molecule has 1 aromatic heterocycles. The Morgan fingerprint density at radius 1 is 1.28 bits per heavy atom. The number of benzene rings is 1. The minimum absolute atomic E-state index is 0.0883. The molecule has 0 spiro atoms. The monoisotopic (exact) mass is 259 g/mol. The predicted molar refractivity (Wildman–Crippen MR) is 68.5 cm³/mol. The molecule has 6 heteroatoms. The van der Waals surface area contributed by atoms with Crippen molar-refractivity contribution in [3.63, 3.8) is 0 Å². The van der Waals surface area contributed by atoms with Crippen molar-refractivity contribution in [1.82, 2.24) is 15.2 Å². The second-order valence-corrected chi connectivity index (χ2v) is 3.82. The molecule has 0 fully saturated rings. The smallest absolute Gasteiger partial charge is 0.244 e. The molecule has 2 aromatic rings. The molecule has 0 aliphatic carbocycles. The topological polar surface area (TPSA) is 65.7 Å². The molecular weight excluding hydrogens is 250 g/mol. The second kappa shape index (κ2) is 5.94. The van der Waals surface area contributed by atoms with E-state index >= 15 is 0 Å². The number of rotatable bonds is 4. The summed E-state index contributed by atoms with van der Waals surface area (Å²) in [4.78, 5) is 5.99. The second-order valence-electron chi connectivity index (χ2n) is 3.48. The lowest BCUT2D eigenvalue weighted by Crippen LogP contribution is -2.19. The zero-order valence-electron chi connectivity index (χ0n) is 9.49. The average Bonchev–Trinajstić information content (AvgIpc) is 2.40.